The van der Waals surface area contributed by atoms with Crippen molar-refractivity contribution in [1.82, 2.24) is 29.4 Å². The van der Waals surface area contributed by atoms with E-state index in [2.05, 4.69) is 55.8 Å². The third kappa shape index (κ3) is 3.47. The maximum absolute atomic E-state index is 9.14. The zero-order chi connectivity index (χ0) is 20.5. The minimum absolute atomic E-state index is 0.658. The van der Waals surface area contributed by atoms with Crippen molar-refractivity contribution in [2.45, 2.75) is 6.54 Å². The number of aromatic amines is 1. The van der Waals surface area contributed by atoms with Gasteiger partial charge in [0.05, 0.1) is 29.2 Å². The van der Waals surface area contributed by atoms with Crippen molar-refractivity contribution in [3.05, 3.63) is 66.2 Å². The molecule has 7 nitrogen and oxygen atoms in total. The molecule has 1 aliphatic rings. The molecule has 0 radical (unpaired) electrons. The largest absolute Gasteiger partial charge is 0.304 e. The molecule has 1 saturated heterocycles. The Morgan fingerprint density at radius 1 is 1.00 bits per heavy atom. The fourth-order valence-corrected chi connectivity index (χ4v) is 3.98. The van der Waals surface area contributed by atoms with E-state index in [1.54, 1.807) is 0 Å². The topological polar surface area (TPSA) is 76.2 Å². The summed E-state index contributed by atoms with van der Waals surface area (Å²) in [6.07, 6.45) is 5.88. The highest BCUT2D eigenvalue weighted by Crippen LogP contribution is 2.28. The van der Waals surface area contributed by atoms with Gasteiger partial charge in [0.1, 0.15) is 5.65 Å². The highest BCUT2D eigenvalue weighted by atomic mass is 15.3. The number of pyridine rings is 1. The van der Waals surface area contributed by atoms with Crippen molar-refractivity contribution >= 4 is 5.65 Å². The number of aromatic nitrogens is 4. The summed E-state index contributed by atoms with van der Waals surface area (Å²) in [7, 11) is 2.17. The van der Waals surface area contributed by atoms with Gasteiger partial charge in [0.2, 0.25) is 0 Å². The molecule has 0 amide bonds. The Hall–Kier alpha value is -3.47. The third-order valence-electron chi connectivity index (χ3n) is 5.81. The van der Waals surface area contributed by atoms with E-state index in [1.807, 2.05) is 36.7 Å². The van der Waals surface area contributed by atoms with Crippen molar-refractivity contribution in [3.63, 3.8) is 0 Å². The predicted molar refractivity (Wildman–Crippen MR) is 116 cm³/mol. The first-order valence-corrected chi connectivity index (χ1v) is 10.1. The summed E-state index contributed by atoms with van der Waals surface area (Å²) in [6, 6.07) is 14.0. The summed E-state index contributed by atoms with van der Waals surface area (Å²) in [5, 5.41) is 16.1. The Balaban J connectivity index is 1.61. The monoisotopic (exact) mass is 397 g/mol. The number of rotatable bonds is 4. The first-order chi connectivity index (χ1) is 14.7. The Morgan fingerprint density at radius 2 is 1.77 bits per heavy atom. The smallest absolute Gasteiger partial charge is 0.137 e. The fraction of sp³-hybridized carbons (Fsp3) is 0.261. The molecule has 3 aromatic heterocycles. The number of imidazole rings is 1. The standard InChI is InChI=1S/C23H23N7/c1-28-8-10-29(11-9-28)16-21-23(18-4-2-17(12-24)3-5-18)27-22-7-6-19(15-30(21)22)20-13-25-26-14-20/h2-7,13-15H,8-11,16H2,1H3,(H,25,26). The maximum atomic E-state index is 9.14. The number of nitrogens with zero attached hydrogens (tertiary/aromatic N) is 6. The molecule has 0 atom stereocenters. The van der Waals surface area contributed by atoms with Gasteiger partial charge in [-0.15, -0.1) is 0 Å². The Kier molecular flexibility index (Phi) is 4.79. The van der Waals surface area contributed by atoms with Crippen LogP contribution in [0.5, 0.6) is 0 Å². The van der Waals surface area contributed by atoms with E-state index < -0.39 is 0 Å². The van der Waals surface area contributed by atoms with Gasteiger partial charge in [-0.1, -0.05) is 12.1 Å². The third-order valence-corrected chi connectivity index (χ3v) is 5.81. The molecule has 0 bridgehead atoms. The van der Waals surface area contributed by atoms with Gasteiger partial charge in [0.15, 0.2) is 0 Å². The van der Waals surface area contributed by atoms with Crippen molar-refractivity contribution in [2.75, 3.05) is 33.2 Å². The van der Waals surface area contributed by atoms with Gasteiger partial charge in [-0.3, -0.25) is 10.00 Å². The average Bonchev–Trinajstić information content (AvgIpc) is 3.44. The molecule has 1 N–H and O–H groups in total. The predicted octanol–water partition coefficient (Wildman–Crippen LogP) is 3.01. The minimum atomic E-state index is 0.658. The molecule has 150 valence electrons. The molecular weight excluding hydrogens is 374 g/mol. The van der Waals surface area contributed by atoms with Gasteiger partial charge >= 0.3 is 0 Å². The Labute approximate surface area is 175 Å². The molecule has 0 saturated carbocycles. The van der Waals surface area contributed by atoms with Crippen LogP contribution in [0.2, 0.25) is 0 Å². The van der Waals surface area contributed by atoms with E-state index >= 15 is 0 Å². The zero-order valence-corrected chi connectivity index (χ0v) is 16.9. The SMILES string of the molecule is CN1CCN(Cc2c(-c3ccc(C#N)cc3)nc3ccc(-c4cn[nH]c4)cn23)CC1. The normalized spacial score (nSPS) is 15.5. The summed E-state index contributed by atoms with van der Waals surface area (Å²) in [5.74, 6) is 0. The quantitative estimate of drug-likeness (QED) is 0.573. The average molecular weight is 397 g/mol. The minimum Gasteiger partial charge on any atom is -0.304 e. The summed E-state index contributed by atoms with van der Waals surface area (Å²) < 4.78 is 2.20. The second kappa shape index (κ2) is 7.75. The first kappa shape index (κ1) is 18.6. The number of hydrogen-bond donors (Lipinski definition) is 1. The van der Waals surface area contributed by atoms with Crippen molar-refractivity contribution in [3.8, 4) is 28.5 Å². The van der Waals surface area contributed by atoms with Crippen LogP contribution >= 0.6 is 0 Å². The van der Waals surface area contributed by atoms with Crippen molar-refractivity contribution in [1.29, 1.82) is 5.26 Å². The highest BCUT2D eigenvalue weighted by Gasteiger charge is 2.20. The number of piperazine rings is 1. The van der Waals surface area contributed by atoms with Crippen molar-refractivity contribution in [2.24, 2.45) is 0 Å². The van der Waals surface area contributed by atoms with Gasteiger partial charge in [-0.2, -0.15) is 10.4 Å². The summed E-state index contributed by atoms with van der Waals surface area (Å²) in [4.78, 5) is 9.81. The number of H-pyrrole nitrogens is 1. The first-order valence-electron chi connectivity index (χ1n) is 10.1. The molecule has 4 aromatic rings. The molecule has 5 rings (SSSR count). The lowest BCUT2D eigenvalue weighted by atomic mass is 10.1. The van der Waals surface area contributed by atoms with Crippen LogP contribution in [0.3, 0.4) is 0 Å². The Morgan fingerprint density at radius 3 is 2.47 bits per heavy atom. The number of hydrogen-bond acceptors (Lipinski definition) is 5. The molecule has 0 spiro atoms. The number of nitriles is 1. The van der Waals surface area contributed by atoms with Crippen LogP contribution in [0.15, 0.2) is 55.0 Å². The molecule has 1 fully saturated rings. The molecule has 0 unspecified atom stereocenters. The zero-order valence-electron chi connectivity index (χ0n) is 16.9. The van der Waals surface area contributed by atoms with Crippen LogP contribution in [0.25, 0.3) is 28.0 Å². The lowest BCUT2D eigenvalue weighted by Gasteiger charge is -2.32. The van der Waals surface area contributed by atoms with Crippen LogP contribution in [0.1, 0.15) is 11.3 Å². The summed E-state index contributed by atoms with van der Waals surface area (Å²) in [6.45, 7) is 5.06. The van der Waals surface area contributed by atoms with E-state index in [-0.39, 0.29) is 0 Å². The number of nitrogens with one attached hydrogen (secondary N) is 1. The van der Waals surface area contributed by atoms with Crippen LogP contribution in [-0.2, 0) is 6.54 Å². The van der Waals surface area contributed by atoms with Gasteiger partial charge in [0.25, 0.3) is 0 Å². The lowest BCUT2D eigenvalue weighted by molar-refractivity contribution is 0.147. The maximum Gasteiger partial charge on any atom is 0.137 e. The van der Waals surface area contributed by atoms with Gasteiger partial charge in [0, 0.05) is 61.8 Å². The molecule has 0 aliphatic carbocycles. The van der Waals surface area contributed by atoms with E-state index in [4.69, 9.17) is 10.2 Å². The summed E-state index contributed by atoms with van der Waals surface area (Å²) >= 11 is 0. The molecule has 30 heavy (non-hydrogen) atoms. The van der Waals surface area contributed by atoms with Crippen LogP contribution in [-0.4, -0.2) is 62.6 Å². The second-order valence-corrected chi connectivity index (χ2v) is 7.81. The van der Waals surface area contributed by atoms with Gasteiger partial charge < -0.3 is 9.30 Å². The van der Waals surface area contributed by atoms with E-state index in [0.717, 1.165) is 60.8 Å². The number of likely N-dealkylation sites (N-methyl/N-ethyl adjacent to an activating group) is 1. The van der Waals surface area contributed by atoms with E-state index in [9.17, 15) is 0 Å². The molecule has 4 heterocycles. The molecule has 7 heteroatoms. The van der Waals surface area contributed by atoms with Gasteiger partial charge in [-0.25, -0.2) is 4.98 Å². The van der Waals surface area contributed by atoms with Crippen molar-refractivity contribution < 1.29 is 0 Å². The molecule has 1 aliphatic heterocycles. The van der Waals surface area contributed by atoms with Crippen LogP contribution in [0.4, 0.5) is 0 Å². The van der Waals surface area contributed by atoms with E-state index in [1.165, 1.54) is 5.69 Å². The van der Waals surface area contributed by atoms with Gasteiger partial charge in [-0.05, 0) is 31.3 Å². The van der Waals surface area contributed by atoms with E-state index in [0.29, 0.717) is 5.56 Å². The van der Waals surface area contributed by atoms with Crippen LogP contribution in [0, 0.1) is 11.3 Å². The highest BCUT2D eigenvalue weighted by molar-refractivity contribution is 5.70. The summed E-state index contributed by atoms with van der Waals surface area (Å²) in [5.41, 5.74) is 6.91. The Bertz CT molecular complexity index is 1190. The molecule has 1 aromatic carbocycles. The fourth-order valence-electron chi connectivity index (χ4n) is 3.98. The number of fused-ring (bicyclic) bond motifs is 1. The van der Waals surface area contributed by atoms with Crippen LogP contribution < -0.4 is 0 Å². The molecular formula is C23H23N7. The lowest BCUT2D eigenvalue weighted by Crippen LogP contribution is -2.44. The second-order valence-electron chi connectivity index (χ2n) is 7.81. The number of benzene rings is 1.